The predicted molar refractivity (Wildman–Crippen MR) is 77.2 cm³/mol. The Kier molecular flexibility index (Phi) is 3.26. The lowest BCUT2D eigenvalue weighted by Crippen LogP contribution is -2.20. The van der Waals surface area contributed by atoms with Gasteiger partial charge in [-0.25, -0.2) is 9.97 Å². The first-order valence-electron chi connectivity index (χ1n) is 5.38. The number of hydrogen-bond donors (Lipinski definition) is 0. The zero-order chi connectivity index (χ0) is 13.4. The minimum absolute atomic E-state index is 0.0778. The van der Waals surface area contributed by atoms with Gasteiger partial charge in [0.1, 0.15) is 9.85 Å². The van der Waals surface area contributed by atoms with Crippen LogP contribution in [0.25, 0.3) is 10.2 Å². The number of fused-ring (bicyclic) bond motifs is 1. The zero-order valence-electron chi connectivity index (χ0n) is 9.51. The van der Waals surface area contributed by atoms with Crippen molar-refractivity contribution in [3.63, 3.8) is 0 Å². The summed E-state index contributed by atoms with van der Waals surface area (Å²) in [6, 6.07) is 3.38. The molecule has 4 nitrogen and oxygen atoms in total. The van der Waals surface area contributed by atoms with Gasteiger partial charge in [0, 0.05) is 11.8 Å². The number of pyridine rings is 1. The SMILES string of the molecule is O=c1c2sccc2ncn1Cc1cnc(Cl)cc1Cl. The summed E-state index contributed by atoms with van der Waals surface area (Å²) >= 11 is 13.2. The van der Waals surface area contributed by atoms with Crippen molar-refractivity contribution >= 4 is 44.8 Å². The molecule has 0 saturated carbocycles. The zero-order valence-corrected chi connectivity index (χ0v) is 11.8. The highest BCUT2D eigenvalue weighted by atomic mass is 35.5. The standard InChI is InChI=1S/C12H7Cl2N3OS/c13-8-3-10(14)15-4-7(8)5-17-6-16-9-1-2-19-11(9)12(17)18/h1-4,6H,5H2. The molecule has 3 heterocycles. The Bertz CT molecular complexity index is 812. The molecule has 7 heteroatoms. The van der Waals surface area contributed by atoms with Gasteiger partial charge in [-0.05, 0) is 17.5 Å². The van der Waals surface area contributed by atoms with Gasteiger partial charge >= 0.3 is 0 Å². The van der Waals surface area contributed by atoms with Crippen molar-refractivity contribution < 1.29 is 0 Å². The van der Waals surface area contributed by atoms with E-state index in [1.54, 1.807) is 12.3 Å². The Labute approximate surface area is 122 Å². The van der Waals surface area contributed by atoms with E-state index in [-0.39, 0.29) is 5.56 Å². The monoisotopic (exact) mass is 311 g/mol. The molecule has 0 amide bonds. The molecule has 3 rings (SSSR count). The van der Waals surface area contributed by atoms with Crippen LogP contribution in [-0.4, -0.2) is 14.5 Å². The molecule has 3 aromatic heterocycles. The second kappa shape index (κ2) is 4.92. The molecule has 0 aromatic carbocycles. The van der Waals surface area contributed by atoms with Gasteiger partial charge < -0.3 is 0 Å². The molecule has 0 bridgehead atoms. The maximum Gasteiger partial charge on any atom is 0.271 e. The Morgan fingerprint density at radius 2 is 2.16 bits per heavy atom. The van der Waals surface area contributed by atoms with E-state index >= 15 is 0 Å². The number of nitrogens with zero attached hydrogens (tertiary/aromatic N) is 3. The van der Waals surface area contributed by atoms with Crippen LogP contribution in [0.4, 0.5) is 0 Å². The molecule has 0 unspecified atom stereocenters. The molecule has 0 fully saturated rings. The molecule has 19 heavy (non-hydrogen) atoms. The molecule has 0 saturated heterocycles. The fourth-order valence-corrected chi connectivity index (χ4v) is 2.95. The van der Waals surface area contributed by atoms with Crippen molar-refractivity contribution in [2.24, 2.45) is 0 Å². The van der Waals surface area contributed by atoms with E-state index in [2.05, 4.69) is 9.97 Å². The van der Waals surface area contributed by atoms with Crippen molar-refractivity contribution in [2.75, 3.05) is 0 Å². The highest BCUT2D eigenvalue weighted by Gasteiger charge is 2.08. The van der Waals surface area contributed by atoms with Crippen LogP contribution >= 0.6 is 34.5 Å². The van der Waals surface area contributed by atoms with Gasteiger partial charge in [0.05, 0.1) is 23.4 Å². The largest absolute Gasteiger partial charge is 0.293 e. The van der Waals surface area contributed by atoms with Crippen molar-refractivity contribution in [1.29, 1.82) is 0 Å². The third kappa shape index (κ3) is 2.36. The van der Waals surface area contributed by atoms with Crippen molar-refractivity contribution in [1.82, 2.24) is 14.5 Å². The van der Waals surface area contributed by atoms with Gasteiger partial charge in [-0.3, -0.25) is 9.36 Å². The van der Waals surface area contributed by atoms with Gasteiger partial charge in [-0.15, -0.1) is 11.3 Å². The molecule has 0 N–H and O–H groups in total. The topological polar surface area (TPSA) is 47.8 Å². The Hall–Kier alpha value is -1.43. The second-order valence-corrected chi connectivity index (χ2v) is 5.62. The summed E-state index contributed by atoms with van der Waals surface area (Å²) in [5, 5.41) is 2.66. The molecule has 0 spiro atoms. The van der Waals surface area contributed by atoms with Crippen molar-refractivity contribution in [3.05, 3.63) is 56.1 Å². The summed E-state index contributed by atoms with van der Waals surface area (Å²) < 4.78 is 2.15. The van der Waals surface area contributed by atoms with E-state index < -0.39 is 0 Å². The lowest BCUT2D eigenvalue weighted by Gasteiger charge is -2.06. The van der Waals surface area contributed by atoms with E-state index in [1.807, 2.05) is 11.4 Å². The highest BCUT2D eigenvalue weighted by molar-refractivity contribution is 7.17. The fraction of sp³-hybridized carbons (Fsp3) is 0.0833. The van der Waals surface area contributed by atoms with Gasteiger partial charge in [0.25, 0.3) is 5.56 Å². The van der Waals surface area contributed by atoms with Crippen molar-refractivity contribution in [3.8, 4) is 0 Å². The van der Waals surface area contributed by atoms with Gasteiger partial charge in [-0.2, -0.15) is 0 Å². The summed E-state index contributed by atoms with van der Waals surface area (Å²) in [4.78, 5) is 20.4. The molecule has 0 aliphatic rings. The maximum absolute atomic E-state index is 12.2. The summed E-state index contributed by atoms with van der Waals surface area (Å²) in [6.07, 6.45) is 3.08. The molecule has 96 valence electrons. The normalized spacial score (nSPS) is 11.1. The average Bonchev–Trinajstić information content (AvgIpc) is 2.85. The number of aromatic nitrogens is 3. The number of hydrogen-bond acceptors (Lipinski definition) is 4. The first-order chi connectivity index (χ1) is 9.15. The van der Waals surface area contributed by atoms with Gasteiger partial charge in [0.2, 0.25) is 0 Å². The lowest BCUT2D eigenvalue weighted by atomic mass is 10.3. The highest BCUT2D eigenvalue weighted by Crippen LogP contribution is 2.19. The summed E-state index contributed by atoms with van der Waals surface area (Å²) in [6.45, 7) is 0.322. The lowest BCUT2D eigenvalue weighted by molar-refractivity contribution is 0.747. The van der Waals surface area contributed by atoms with E-state index in [0.29, 0.717) is 26.9 Å². The van der Waals surface area contributed by atoms with Crippen LogP contribution in [0.3, 0.4) is 0 Å². The minimum Gasteiger partial charge on any atom is -0.293 e. The van der Waals surface area contributed by atoms with E-state index in [4.69, 9.17) is 23.2 Å². The van der Waals surface area contributed by atoms with Crippen LogP contribution in [0.5, 0.6) is 0 Å². The van der Waals surface area contributed by atoms with Crippen LogP contribution < -0.4 is 5.56 Å². The Morgan fingerprint density at radius 3 is 2.95 bits per heavy atom. The number of rotatable bonds is 2. The van der Waals surface area contributed by atoms with Gasteiger partial charge in [-0.1, -0.05) is 23.2 Å². The van der Waals surface area contributed by atoms with Crippen LogP contribution in [0, 0.1) is 0 Å². The first kappa shape index (κ1) is 12.6. The molecule has 0 radical (unpaired) electrons. The molecule has 0 atom stereocenters. The average molecular weight is 312 g/mol. The smallest absolute Gasteiger partial charge is 0.271 e. The Balaban J connectivity index is 2.05. The number of halogens is 2. The molecule has 0 aliphatic heterocycles. The van der Waals surface area contributed by atoms with Crippen LogP contribution in [0.2, 0.25) is 10.2 Å². The second-order valence-electron chi connectivity index (χ2n) is 3.91. The molecule has 3 aromatic rings. The summed E-state index contributed by atoms with van der Waals surface area (Å²) in [7, 11) is 0. The van der Waals surface area contributed by atoms with E-state index in [9.17, 15) is 4.79 Å². The molecular formula is C12H7Cl2N3OS. The van der Waals surface area contributed by atoms with Crippen molar-refractivity contribution in [2.45, 2.75) is 6.54 Å². The van der Waals surface area contributed by atoms with Crippen LogP contribution in [-0.2, 0) is 6.54 Å². The summed E-state index contributed by atoms with van der Waals surface area (Å²) in [5.74, 6) is 0. The van der Waals surface area contributed by atoms with Crippen LogP contribution in [0.15, 0.2) is 34.8 Å². The van der Waals surface area contributed by atoms with Gasteiger partial charge in [0.15, 0.2) is 0 Å². The molecular weight excluding hydrogens is 305 g/mol. The number of thiophene rings is 1. The third-order valence-corrected chi connectivity index (χ3v) is 4.12. The van der Waals surface area contributed by atoms with E-state index in [1.165, 1.54) is 22.2 Å². The van der Waals surface area contributed by atoms with Crippen LogP contribution in [0.1, 0.15) is 5.56 Å². The predicted octanol–water partition coefficient (Wildman–Crippen LogP) is 3.21. The third-order valence-electron chi connectivity index (χ3n) is 2.67. The quantitative estimate of drug-likeness (QED) is 0.683. The maximum atomic E-state index is 12.2. The first-order valence-corrected chi connectivity index (χ1v) is 7.01. The van der Waals surface area contributed by atoms with E-state index in [0.717, 1.165) is 5.56 Å². The molecule has 0 aliphatic carbocycles. The summed E-state index contributed by atoms with van der Waals surface area (Å²) in [5.41, 5.74) is 1.36. The minimum atomic E-state index is -0.0778. The Morgan fingerprint density at radius 1 is 1.32 bits per heavy atom. The fourth-order valence-electron chi connectivity index (χ4n) is 1.73.